The van der Waals surface area contributed by atoms with E-state index >= 15 is 0 Å². The van der Waals surface area contributed by atoms with Gasteiger partial charge in [0.25, 0.3) is 0 Å². The van der Waals surface area contributed by atoms with Crippen LogP contribution in [-0.4, -0.2) is 43.2 Å². The Morgan fingerprint density at radius 1 is 1.59 bits per heavy atom. The second-order valence-corrected chi connectivity index (χ2v) is 5.62. The number of nitrogens with two attached hydrogens (primary N) is 1. The van der Waals surface area contributed by atoms with Crippen molar-refractivity contribution in [3.63, 3.8) is 0 Å². The van der Waals surface area contributed by atoms with E-state index in [1.54, 1.807) is 13.8 Å². The van der Waals surface area contributed by atoms with Crippen LogP contribution >= 0.6 is 0 Å². The summed E-state index contributed by atoms with van der Waals surface area (Å²) >= 11 is 0. The lowest BCUT2D eigenvalue weighted by Crippen LogP contribution is -2.48. The maximum atomic E-state index is 11.6. The van der Waals surface area contributed by atoms with Gasteiger partial charge in [-0.3, -0.25) is 4.79 Å². The second-order valence-electron chi connectivity index (χ2n) is 5.62. The molecule has 1 aliphatic carbocycles. The highest BCUT2D eigenvalue weighted by Gasteiger charge is 2.34. The first-order valence-corrected chi connectivity index (χ1v) is 6.51. The van der Waals surface area contributed by atoms with Crippen molar-refractivity contribution < 1.29 is 9.53 Å². The number of esters is 1. The number of hydrogen-bond donors (Lipinski definition) is 1. The molecule has 0 bridgehead atoms. The van der Waals surface area contributed by atoms with Crippen LogP contribution in [-0.2, 0) is 9.53 Å². The zero-order valence-corrected chi connectivity index (χ0v) is 11.5. The van der Waals surface area contributed by atoms with Gasteiger partial charge in [0.2, 0.25) is 0 Å². The highest BCUT2D eigenvalue weighted by molar-refractivity contribution is 5.79. The van der Waals surface area contributed by atoms with Crippen LogP contribution in [0.1, 0.15) is 33.6 Å². The SMILES string of the molecule is CCOC(=O)C(C)(N)CCN(C)CC1CC1C. The van der Waals surface area contributed by atoms with Crippen LogP contribution in [0.25, 0.3) is 0 Å². The molecule has 1 rings (SSSR count). The molecule has 4 nitrogen and oxygen atoms in total. The summed E-state index contributed by atoms with van der Waals surface area (Å²) in [7, 11) is 2.09. The average molecular weight is 242 g/mol. The fraction of sp³-hybridized carbons (Fsp3) is 0.923. The van der Waals surface area contributed by atoms with Gasteiger partial charge in [-0.25, -0.2) is 0 Å². The number of carbonyl (C=O) groups is 1. The van der Waals surface area contributed by atoms with Gasteiger partial charge < -0.3 is 15.4 Å². The molecule has 0 radical (unpaired) electrons. The van der Waals surface area contributed by atoms with Crippen molar-refractivity contribution in [2.24, 2.45) is 17.6 Å². The molecule has 0 aliphatic heterocycles. The lowest BCUT2D eigenvalue weighted by atomic mass is 9.99. The highest BCUT2D eigenvalue weighted by Crippen LogP contribution is 2.37. The third-order valence-electron chi connectivity index (χ3n) is 3.58. The summed E-state index contributed by atoms with van der Waals surface area (Å²) in [6.07, 6.45) is 1.98. The lowest BCUT2D eigenvalue weighted by Gasteiger charge is -2.25. The van der Waals surface area contributed by atoms with Gasteiger partial charge in [0.05, 0.1) is 6.61 Å². The Morgan fingerprint density at radius 2 is 2.18 bits per heavy atom. The van der Waals surface area contributed by atoms with Crippen LogP contribution in [0.5, 0.6) is 0 Å². The molecule has 4 heteroatoms. The summed E-state index contributed by atoms with van der Waals surface area (Å²) in [6, 6.07) is 0. The number of carbonyl (C=O) groups excluding carboxylic acids is 1. The second kappa shape index (κ2) is 5.83. The Hall–Kier alpha value is -0.610. The maximum absolute atomic E-state index is 11.6. The predicted octanol–water partition coefficient (Wildman–Crippen LogP) is 1.24. The number of hydrogen-bond acceptors (Lipinski definition) is 4. The predicted molar refractivity (Wildman–Crippen MR) is 68.6 cm³/mol. The summed E-state index contributed by atoms with van der Waals surface area (Å²) < 4.78 is 4.97. The van der Waals surface area contributed by atoms with E-state index in [-0.39, 0.29) is 5.97 Å². The van der Waals surface area contributed by atoms with Crippen molar-refractivity contribution in [1.29, 1.82) is 0 Å². The van der Waals surface area contributed by atoms with Gasteiger partial charge in [-0.2, -0.15) is 0 Å². The zero-order chi connectivity index (χ0) is 13.1. The monoisotopic (exact) mass is 242 g/mol. The van der Waals surface area contributed by atoms with Crippen LogP contribution < -0.4 is 5.73 Å². The molecule has 0 heterocycles. The van der Waals surface area contributed by atoms with Gasteiger partial charge in [0, 0.05) is 13.1 Å². The van der Waals surface area contributed by atoms with Crippen molar-refractivity contribution in [3.05, 3.63) is 0 Å². The van der Waals surface area contributed by atoms with Crippen molar-refractivity contribution >= 4 is 5.97 Å². The van der Waals surface area contributed by atoms with Gasteiger partial charge in [0.1, 0.15) is 5.54 Å². The van der Waals surface area contributed by atoms with Gasteiger partial charge in [-0.15, -0.1) is 0 Å². The summed E-state index contributed by atoms with van der Waals surface area (Å²) in [6.45, 7) is 8.17. The molecule has 3 atom stereocenters. The Kier molecular flexibility index (Phi) is 4.95. The first-order chi connectivity index (χ1) is 7.86. The normalized spacial score (nSPS) is 26.7. The topological polar surface area (TPSA) is 55.6 Å². The number of rotatable bonds is 7. The van der Waals surface area contributed by atoms with Gasteiger partial charge in [0.15, 0.2) is 0 Å². The molecular weight excluding hydrogens is 216 g/mol. The van der Waals surface area contributed by atoms with Crippen LogP contribution in [0.2, 0.25) is 0 Å². The summed E-state index contributed by atoms with van der Waals surface area (Å²) in [5, 5.41) is 0. The smallest absolute Gasteiger partial charge is 0.325 e. The van der Waals surface area contributed by atoms with E-state index in [4.69, 9.17) is 10.5 Å². The van der Waals surface area contributed by atoms with Crippen LogP contribution in [0, 0.1) is 11.8 Å². The minimum absolute atomic E-state index is 0.298. The van der Waals surface area contributed by atoms with E-state index in [2.05, 4.69) is 18.9 Å². The van der Waals surface area contributed by atoms with Gasteiger partial charge in [-0.05, 0) is 45.6 Å². The van der Waals surface area contributed by atoms with E-state index in [0.717, 1.165) is 24.9 Å². The highest BCUT2D eigenvalue weighted by atomic mass is 16.5. The van der Waals surface area contributed by atoms with E-state index in [1.807, 2.05) is 0 Å². The van der Waals surface area contributed by atoms with Crippen LogP contribution in [0.4, 0.5) is 0 Å². The lowest BCUT2D eigenvalue weighted by molar-refractivity contribution is -0.149. The van der Waals surface area contributed by atoms with E-state index in [0.29, 0.717) is 13.0 Å². The summed E-state index contributed by atoms with van der Waals surface area (Å²) in [5.41, 5.74) is 5.11. The van der Waals surface area contributed by atoms with Crippen LogP contribution in [0.3, 0.4) is 0 Å². The third-order valence-corrected chi connectivity index (χ3v) is 3.58. The summed E-state index contributed by atoms with van der Waals surface area (Å²) in [4.78, 5) is 13.9. The quantitative estimate of drug-likeness (QED) is 0.683. The molecule has 100 valence electrons. The molecule has 0 aromatic rings. The minimum atomic E-state index is -0.862. The maximum Gasteiger partial charge on any atom is 0.325 e. The van der Waals surface area contributed by atoms with Gasteiger partial charge >= 0.3 is 5.97 Å². The molecule has 0 aromatic heterocycles. The molecule has 1 fully saturated rings. The molecule has 1 aliphatic rings. The third kappa shape index (κ3) is 4.64. The molecule has 0 saturated heterocycles. The van der Waals surface area contributed by atoms with Crippen LogP contribution in [0.15, 0.2) is 0 Å². The van der Waals surface area contributed by atoms with E-state index < -0.39 is 5.54 Å². The molecule has 0 spiro atoms. The Balaban J connectivity index is 2.25. The zero-order valence-electron chi connectivity index (χ0n) is 11.5. The molecule has 3 unspecified atom stereocenters. The largest absolute Gasteiger partial charge is 0.465 e. The fourth-order valence-corrected chi connectivity index (χ4v) is 1.97. The van der Waals surface area contributed by atoms with Gasteiger partial charge in [-0.1, -0.05) is 6.92 Å². The molecule has 2 N–H and O–H groups in total. The standard InChI is InChI=1S/C13H26N2O2/c1-5-17-12(16)13(3,14)6-7-15(4)9-11-8-10(11)2/h10-11H,5-9,14H2,1-4H3. The molecule has 0 amide bonds. The Labute approximate surface area is 104 Å². The van der Waals surface area contributed by atoms with E-state index in [9.17, 15) is 4.79 Å². The fourth-order valence-electron chi connectivity index (χ4n) is 1.97. The summed E-state index contributed by atoms with van der Waals surface area (Å²) in [5.74, 6) is 1.41. The molecule has 0 aromatic carbocycles. The number of ether oxygens (including phenoxy) is 1. The van der Waals surface area contributed by atoms with Crippen molar-refractivity contribution in [1.82, 2.24) is 4.90 Å². The first kappa shape index (κ1) is 14.5. The minimum Gasteiger partial charge on any atom is -0.465 e. The van der Waals surface area contributed by atoms with Crippen molar-refractivity contribution in [3.8, 4) is 0 Å². The molecule has 1 saturated carbocycles. The average Bonchev–Trinajstić information content (AvgIpc) is 2.92. The van der Waals surface area contributed by atoms with Crippen molar-refractivity contribution in [2.45, 2.75) is 39.2 Å². The Bertz CT molecular complexity index is 266. The number of nitrogens with zero attached hydrogens (tertiary/aromatic N) is 1. The molecule has 17 heavy (non-hydrogen) atoms. The Morgan fingerprint density at radius 3 is 2.65 bits per heavy atom. The van der Waals surface area contributed by atoms with Crippen molar-refractivity contribution in [2.75, 3.05) is 26.7 Å². The first-order valence-electron chi connectivity index (χ1n) is 6.51. The van der Waals surface area contributed by atoms with E-state index in [1.165, 1.54) is 6.42 Å². The molecular formula is C13H26N2O2.